The van der Waals surface area contributed by atoms with Crippen molar-refractivity contribution >= 4 is 6.34 Å². The molecule has 36 valence electrons. The van der Waals surface area contributed by atoms with Gasteiger partial charge in [0.2, 0.25) is 6.34 Å². The van der Waals surface area contributed by atoms with Crippen LogP contribution in [0.4, 0.5) is 0 Å². The first-order valence-electron chi connectivity index (χ1n) is 2.23. The molecule has 2 nitrogen and oxygen atoms in total. The van der Waals surface area contributed by atoms with Crippen molar-refractivity contribution in [3.63, 3.8) is 0 Å². The van der Waals surface area contributed by atoms with E-state index in [0.29, 0.717) is 0 Å². The summed E-state index contributed by atoms with van der Waals surface area (Å²) in [5.41, 5.74) is 0. The van der Waals surface area contributed by atoms with Gasteiger partial charge < -0.3 is 0 Å². The Hall–Kier alpha value is -0.880. The van der Waals surface area contributed by atoms with E-state index in [4.69, 9.17) is 0 Å². The number of nitrogens with zero attached hydrogens (tertiary/aromatic N) is 2. The summed E-state index contributed by atoms with van der Waals surface area (Å²) in [5, 5.41) is 0. The maximum Gasteiger partial charge on any atom is 0.230 e. The van der Waals surface area contributed by atoms with Crippen LogP contribution < -0.4 is 0 Å². The van der Waals surface area contributed by atoms with E-state index < -0.39 is 0 Å². The second-order valence-corrected chi connectivity index (χ2v) is 1.37. The zero-order valence-electron chi connectivity index (χ0n) is 4.09. The Labute approximate surface area is 43.2 Å². The predicted molar refractivity (Wildman–Crippen MR) is 28.9 cm³/mol. The van der Waals surface area contributed by atoms with Crippen LogP contribution >= 0.6 is 0 Å². The van der Waals surface area contributed by atoms with Gasteiger partial charge in [0.25, 0.3) is 0 Å². The second kappa shape index (κ2) is 1.71. The molecule has 0 N–H and O–H groups in total. The van der Waals surface area contributed by atoms with E-state index in [0.717, 1.165) is 13.1 Å². The molecule has 0 radical (unpaired) electrons. The summed E-state index contributed by atoms with van der Waals surface area (Å²) in [6.07, 6.45) is 4.44. The number of hydrogen-bond donors (Lipinski definition) is 0. The Morgan fingerprint density at radius 1 is 1.86 bits per heavy atom. The lowest BCUT2D eigenvalue weighted by molar-refractivity contribution is 0.603. The average molecular weight is 95.1 g/mol. The summed E-state index contributed by atoms with van der Waals surface area (Å²) in [7, 11) is 0. The minimum atomic E-state index is 0.891. The van der Waals surface area contributed by atoms with Crippen LogP contribution in [0.3, 0.4) is 0 Å². The van der Waals surface area contributed by atoms with Crippen LogP contribution in [0.2, 0.25) is 0 Å². The quantitative estimate of drug-likeness (QED) is 0.427. The van der Waals surface area contributed by atoms with Crippen molar-refractivity contribution in [3.8, 4) is 0 Å². The lowest BCUT2D eigenvalue weighted by Gasteiger charge is -1.86. The van der Waals surface area contributed by atoms with Gasteiger partial charge in [0.1, 0.15) is 0 Å². The first-order chi connectivity index (χ1) is 3.43. The first kappa shape index (κ1) is 4.28. The number of hydrogen-bond acceptors (Lipinski definition) is 2. The molecule has 1 aliphatic rings. The predicted octanol–water partition coefficient (Wildman–Crippen LogP) is 0.277. The van der Waals surface area contributed by atoms with Gasteiger partial charge in [-0.2, -0.15) is 4.99 Å². The summed E-state index contributed by atoms with van der Waals surface area (Å²) >= 11 is 0. The monoisotopic (exact) mass is 95.1 g/mol. The van der Waals surface area contributed by atoms with Gasteiger partial charge in [0, 0.05) is 0 Å². The Kier molecular flexibility index (Phi) is 1.05. The summed E-state index contributed by atoms with van der Waals surface area (Å²) in [4.78, 5) is 5.77. The van der Waals surface area contributed by atoms with Crippen LogP contribution in [-0.4, -0.2) is 24.3 Å². The van der Waals surface area contributed by atoms with Crippen LogP contribution in [0.1, 0.15) is 0 Å². The molecule has 0 bridgehead atoms. The molecular weight excluding hydrogens is 88.1 g/mol. The van der Waals surface area contributed by atoms with Crippen molar-refractivity contribution in [1.82, 2.24) is 4.90 Å². The van der Waals surface area contributed by atoms with Crippen molar-refractivity contribution in [2.45, 2.75) is 0 Å². The molecule has 0 aliphatic carbocycles. The van der Waals surface area contributed by atoms with Gasteiger partial charge in [-0.25, -0.2) is 0 Å². The minimum Gasteiger partial charge on any atom is -0.177 e. The van der Waals surface area contributed by atoms with Crippen molar-refractivity contribution in [2.24, 2.45) is 4.99 Å². The topological polar surface area (TPSA) is 15.6 Å². The molecular formula is C5H7N2+. The van der Waals surface area contributed by atoms with E-state index in [1.54, 1.807) is 6.34 Å². The van der Waals surface area contributed by atoms with Gasteiger partial charge in [-0.15, -0.1) is 4.90 Å². The van der Waals surface area contributed by atoms with E-state index in [-0.39, 0.29) is 0 Å². The SMILES string of the molecule is C=[C+]N1C=NCC1. The summed E-state index contributed by atoms with van der Waals surface area (Å²) in [6, 6.07) is 0. The van der Waals surface area contributed by atoms with E-state index in [9.17, 15) is 0 Å². The lowest BCUT2D eigenvalue weighted by Crippen LogP contribution is -2.10. The third kappa shape index (κ3) is 0.756. The fraction of sp³-hybridized carbons (Fsp3) is 0.400. The standard InChI is InChI=1S/C5H7N2/c1-2-7-4-3-6-5-7/h5H,1,3-4H2/q+1. The molecule has 0 atom stereocenters. The lowest BCUT2D eigenvalue weighted by atomic mass is 10.6. The van der Waals surface area contributed by atoms with Crippen LogP contribution in [0, 0.1) is 6.20 Å². The Bertz CT molecular complexity index is 96.3. The molecule has 0 amide bonds. The molecule has 2 heteroatoms. The molecule has 0 spiro atoms. The van der Waals surface area contributed by atoms with Gasteiger partial charge in [0.05, 0.1) is 19.7 Å². The fourth-order valence-corrected chi connectivity index (χ4v) is 0.499. The van der Waals surface area contributed by atoms with Gasteiger partial charge >= 0.3 is 0 Å². The van der Waals surface area contributed by atoms with Crippen molar-refractivity contribution < 1.29 is 0 Å². The number of aliphatic imine (C=N–C) groups is 1. The van der Waals surface area contributed by atoms with E-state index in [1.807, 2.05) is 4.90 Å². The molecule has 1 heterocycles. The largest absolute Gasteiger partial charge is 0.230 e. The molecule has 7 heavy (non-hydrogen) atoms. The summed E-state index contributed by atoms with van der Waals surface area (Å²) in [6.45, 7) is 5.29. The normalized spacial score (nSPS) is 17.4. The maximum absolute atomic E-state index is 3.93. The fourth-order valence-electron chi connectivity index (χ4n) is 0.499. The minimum absolute atomic E-state index is 0.891. The molecule has 1 aliphatic heterocycles. The highest BCUT2D eigenvalue weighted by atomic mass is 15.2. The van der Waals surface area contributed by atoms with Crippen LogP contribution in [0.15, 0.2) is 11.6 Å². The molecule has 0 fully saturated rings. The smallest absolute Gasteiger partial charge is 0.177 e. The van der Waals surface area contributed by atoms with Crippen molar-refractivity contribution in [1.29, 1.82) is 0 Å². The zero-order valence-corrected chi connectivity index (χ0v) is 4.09. The Morgan fingerprint density at radius 2 is 2.71 bits per heavy atom. The van der Waals surface area contributed by atoms with Gasteiger partial charge in [-0.1, -0.05) is 0 Å². The van der Waals surface area contributed by atoms with Gasteiger partial charge in [-0.05, 0) is 0 Å². The van der Waals surface area contributed by atoms with E-state index in [1.165, 1.54) is 0 Å². The third-order valence-electron chi connectivity index (χ3n) is 0.894. The molecule has 0 aromatic heterocycles. The molecule has 0 aromatic rings. The Balaban J connectivity index is 2.42. The molecule has 0 saturated heterocycles. The third-order valence-corrected chi connectivity index (χ3v) is 0.894. The summed E-state index contributed by atoms with van der Waals surface area (Å²) < 4.78 is 0. The zero-order chi connectivity index (χ0) is 5.11. The molecule has 1 rings (SSSR count). The van der Waals surface area contributed by atoms with Crippen molar-refractivity contribution in [2.75, 3.05) is 13.1 Å². The van der Waals surface area contributed by atoms with Crippen LogP contribution in [-0.2, 0) is 0 Å². The van der Waals surface area contributed by atoms with Gasteiger partial charge in [0.15, 0.2) is 6.20 Å². The average Bonchev–Trinajstić information content (AvgIpc) is 2.14. The first-order valence-corrected chi connectivity index (χ1v) is 2.23. The maximum atomic E-state index is 3.93. The van der Waals surface area contributed by atoms with Crippen LogP contribution in [0.5, 0.6) is 0 Å². The molecule has 0 unspecified atom stereocenters. The second-order valence-electron chi connectivity index (χ2n) is 1.37. The molecule has 0 saturated carbocycles. The number of rotatable bonds is 1. The molecule has 0 aromatic carbocycles. The van der Waals surface area contributed by atoms with E-state index in [2.05, 4.69) is 17.8 Å². The Morgan fingerprint density at radius 3 is 3.00 bits per heavy atom. The highest BCUT2D eigenvalue weighted by Gasteiger charge is 2.08. The van der Waals surface area contributed by atoms with Crippen molar-refractivity contribution in [3.05, 3.63) is 12.8 Å². The van der Waals surface area contributed by atoms with E-state index >= 15 is 0 Å². The highest BCUT2D eigenvalue weighted by molar-refractivity contribution is 5.57. The van der Waals surface area contributed by atoms with Gasteiger partial charge in [-0.3, -0.25) is 0 Å². The summed E-state index contributed by atoms with van der Waals surface area (Å²) in [5.74, 6) is 0. The highest BCUT2D eigenvalue weighted by Crippen LogP contribution is 1.89. The van der Waals surface area contributed by atoms with Crippen LogP contribution in [0.25, 0.3) is 0 Å².